The largest absolute Gasteiger partial charge is 0.459 e. The molecule has 0 saturated heterocycles. The lowest BCUT2D eigenvalue weighted by Crippen LogP contribution is -2.34. The molecule has 1 spiro atoms. The number of carbonyl (C=O) groups excluding carboxylic acids is 1. The van der Waals surface area contributed by atoms with Crippen LogP contribution in [0.2, 0.25) is 0 Å². The summed E-state index contributed by atoms with van der Waals surface area (Å²) in [5.41, 5.74) is 1.47. The molecule has 1 saturated carbocycles. The molecule has 1 aromatic heterocycles. The number of fused-ring (bicyclic) bond motifs is 1. The molecule has 22 heavy (non-hydrogen) atoms. The Hall–Kier alpha value is -2.43. The molecule has 0 unspecified atom stereocenters. The van der Waals surface area contributed by atoms with Crippen molar-refractivity contribution in [3.8, 4) is 11.5 Å². The molecule has 1 amide bonds. The van der Waals surface area contributed by atoms with Gasteiger partial charge in [-0.2, -0.15) is 0 Å². The van der Waals surface area contributed by atoms with Gasteiger partial charge in [0.25, 0.3) is 11.7 Å². The van der Waals surface area contributed by atoms with Gasteiger partial charge in [0.15, 0.2) is 17.3 Å². The number of benzene rings is 1. The zero-order valence-electron chi connectivity index (χ0n) is 12.3. The van der Waals surface area contributed by atoms with Crippen molar-refractivity contribution in [2.24, 2.45) is 0 Å². The number of ether oxygens (including phenoxy) is 2. The number of anilines is 1. The zero-order valence-corrected chi connectivity index (χ0v) is 12.3. The minimum absolute atomic E-state index is 0.267. The Bertz CT molecular complexity index is 728. The third kappa shape index (κ3) is 2.13. The van der Waals surface area contributed by atoms with Crippen LogP contribution in [0.4, 0.5) is 5.69 Å². The summed E-state index contributed by atoms with van der Waals surface area (Å²) in [4.78, 5) is 12.2. The van der Waals surface area contributed by atoms with Crippen molar-refractivity contribution < 1.29 is 18.7 Å². The van der Waals surface area contributed by atoms with Crippen LogP contribution in [0.1, 0.15) is 41.8 Å². The molecule has 2 heterocycles. The Balaban J connectivity index is 1.54. The van der Waals surface area contributed by atoms with Crippen molar-refractivity contribution in [2.75, 3.05) is 5.32 Å². The number of rotatable bonds is 2. The second-order valence-corrected chi connectivity index (χ2v) is 5.87. The standard InChI is InChI=1S/C17H17NO4/c1-11-6-9-20-15(11)16(19)18-12-4-5-13-14(10-12)22-17(21-13)7-2-3-8-17/h4-6,9-10H,2-3,7-8H2,1H3,(H,18,19). The van der Waals surface area contributed by atoms with E-state index in [1.807, 2.05) is 19.1 Å². The Morgan fingerprint density at radius 1 is 1.14 bits per heavy atom. The molecular formula is C17H17NO4. The fourth-order valence-electron chi connectivity index (χ4n) is 3.08. The Kier molecular flexibility index (Phi) is 2.89. The Morgan fingerprint density at radius 2 is 1.91 bits per heavy atom. The average molecular weight is 299 g/mol. The van der Waals surface area contributed by atoms with Crippen LogP contribution in [-0.4, -0.2) is 11.7 Å². The van der Waals surface area contributed by atoms with Crippen LogP contribution in [0.3, 0.4) is 0 Å². The van der Waals surface area contributed by atoms with Crippen molar-refractivity contribution in [2.45, 2.75) is 38.4 Å². The van der Waals surface area contributed by atoms with Crippen molar-refractivity contribution in [3.63, 3.8) is 0 Å². The van der Waals surface area contributed by atoms with Crippen LogP contribution in [0.5, 0.6) is 11.5 Å². The minimum Gasteiger partial charge on any atom is -0.459 e. The lowest BCUT2D eigenvalue weighted by Gasteiger charge is -2.21. The number of hydrogen-bond acceptors (Lipinski definition) is 4. The molecule has 114 valence electrons. The highest BCUT2D eigenvalue weighted by Gasteiger charge is 2.44. The molecule has 5 heteroatoms. The second-order valence-electron chi connectivity index (χ2n) is 5.87. The van der Waals surface area contributed by atoms with Gasteiger partial charge in [-0.1, -0.05) is 0 Å². The topological polar surface area (TPSA) is 60.7 Å². The SMILES string of the molecule is Cc1ccoc1C(=O)Nc1ccc2c(c1)OC1(CCCC1)O2. The van der Waals surface area contributed by atoms with Gasteiger partial charge in [0.2, 0.25) is 0 Å². The van der Waals surface area contributed by atoms with Gasteiger partial charge in [0, 0.05) is 30.2 Å². The first-order valence-electron chi connectivity index (χ1n) is 7.53. The van der Waals surface area contributed by atoms with E-state index in [9.17, 15) is 4.79 Å². The van der Waals surface area contributed by atoms with Gasteiger partial charge >= 0.3 is 0 Å². The second kappa shape index (κ2) is 4.80. The molecule has 0 atom stereocenters. The van der Waals surface area contributed by atoms with Gasteiger partial charge in [-0.25, -0.2) is 0 Å². The number of aryl methyl sites for hydroxylation is 1. The summed E-state index contributed by atoms with van der Waals surface area (Å²) in [6.07, 6.45) is 5.57. The highest BCUT2D eigenvalue weighted by atomic mass is 16.7. The van der Waals surface area contributed by atoms with Gasteiger partial charge in [0.1, 0.15) is 0 Å². The molecule has 0 radical (unpaired) electrons. The lowest BCUT2D eigenvalue weighted by molar-refractivity contribution is -0.0716. The fraction of sp³-hybridized carbons (Fsp3) is 0.353. The molecule has 1 aromatic carbocycles. The molecule has 0 bridgehead atoms. The molecule has 1 fully saturated rings. The number of furan rings is 1. The van der Waals surface area contributed by atoms with E-state index in [4.69, 9.17) is 13.9 Å². The summed E-state index contributed by atoms with van der Waals surface area (Å²) >= 11 is 0. The smallest absolute Gasteiger partial charge is 0.291 e. The van der Waals surface area contributed by atoms with Gasteiger partial charge in [0.05, 0.1) is 6.26 Å². The van der Waals surface area contributed by atoms with E-state index in [1.54, 1.807) is 12.1 Å². The molecule has 5 nitrogen and oxygen atoms in total. The van der Waals surface area contributed by atoms with Crippen molar-refractivity contribution in [1.29, 1.82) is 0 Å². The van der Waals surface area contributed by atoms with Gasteiger partial charge < -0.3 is 19.2 Å². The first kappa shape index (κ1) is 13.2. The monoisotopic (exact) mass is 299 g/mol. The Morgan fingerprint density at radius 3 is 2.64 bits per heavy atom. The van der Waals surface area contributed by atoms with Gasteiger partial charge in [-0.15, -0.1) is 0 Å². The molecule has 2 aromatic rings. The summed E-state index contributed by atoms with van der Waals surface area (Å²) < 4.78 is 17.1. The van der Waals surface area contributed by atoms with E-state index in [0.29, 0.717) is 17.2 Å². The van der Waals surface area contributed by atoms with E-state index >= 15 is 0 Å². The highest BCUT2D eigenvalue weighted by Crippen LogP contribution is 2.47. The summed E-state index contributed by atoms with van der Waals surface area (Å²) in [6, 6.07) is 7.22. The maximum absolute atomic E-state index is 12.2. The van der Waals surface area contributed by atoms with Crippen LogP contribution in [0.25, 0.3) is 0 Å². The normalized spacial score (nSPS) is 17.9. The number of hydrogen-bond donors (Lipinski definition) is 1. The predicted molar refractivity (Wildman–Crippen MR) is 80.3 cm³/mol. The molecule has 1 N–H and O–H groups in total. The summed E-state index contributed by atoms with van der Waals surface area (Å²) in [5.74, 6) is 1.01. The lowest BCUT2D eigenvalue weighted by atomic mass is 10.2. The van der Waals surface area contributed by atoms with E-state index in [-0.39, 0.29) is 5.91 Å². The summed E-state index contributed by atoms with van der Waals surface area (Å²) in [6.45, 7) is 1.84. The molecular weight excluding hydrogens is 282 g/mol. The maximum Gasteiger partial charge on any atom is 0.291 e. The first-order chi connectivity index (χ1) is 10.7. The van der Waals surface area contributed by atoms with Crippen molar-refractivity contribution in [3.05, 3.63) is 41.9 Å². The molecule has 1 aliphatic heterocycles. The summed E-state index contributed by atoms with van der Waals surface area (Å²) in [5, 5.41) is 2.83. The third-order valence-electron chi connectivity index (χ3n) is 4.23. The minimum atomic E-state index is -0.484. The van der Waals surface area contributed by atoms with Gasteiger partial charge in [-0.05, 0) is 38.0 Å². The number of carbonyl (C=O) groups is 1. The quantitative estimate of drug-likeness (QED) is 0.914. The predicted octanol–water partition coefficient (Wildman–Crippen LogP) is 3.88. The van der Waals surface area contributed by atoms with Crippen molar-refractivity contribution >= 4 is 11.6 Å². The fourth-order valence-corrected chi connectivity index (χ4v) is 3.08. The van der Waals surface area contributed by atoms with E-state index in [0.717, 1.165) is 37.0 Å². The van der Waals surface area contributed by atoms with Crippen molar-refractivity contribution in [1.82, 2.24) is 0 Å². The van der Waals surface area contributed by atoms with Crippen LogP contribution in [0.15, 0.2) is 34.9 Å². The number of nitrogens with one attached hydrogen (secondary N) is 1. The molecule has 4 rings (SSSR count). The van der Waals surface area contributed by atoms with Crippen LogP contribution in [0, 0.1) is 6.92 Å². The van der Waals surface area contributed by atoms with Gasteiger partial charge in [-0.3, -0.25) is 4.79 Å². The maximum atomic E-state index is 12.2. The summed E-state index contributed by atoms with van der Waals surface area (Å²) in [7, 11) is 0. The number of amides is 1. The van der Waals surface area contributed by atoms with Crippen LogP contribution >= 0.6 is 0 Å². The highest BCUT2D eigenvalue weighted by molar-refractivity contribution is 6.03. The van der Waals surface area contributed by atoms with E-state index < -0.39 is 5.79 Å². The first-order valence-corrected chi connectivity index (χ1v) is 7.53. The molecule has 2 aliphatic rings. The third-order valence-corrected chi connectivity index (χ3v) is 4.23. The molecule has 1 aliphatic carbocycles. The van der Waals surface area contributed by atoms with E-state index in [2.05, 4.69) is 5.32 Å². The van der Waals surface area contributed by atoms with E-state index in [1.165, 1.54) is 6.26 Å². The van der Waals surface area contributed by atoms with Crippen LogP contribution < -0.4 is 14.8 Å². The zero-order chi connectivity index (χ0) is 15.2. The van der Waals surface area contributed by atoms with Crippen LogP contribution in [-0.2, 0) is 0 Å². The average Bonchev–Trinajstić information content (AvgIpc) is 3.19. The Labute approximate surface area is 128 Å².